The van der Waals surface area contributed by atoms with E-state index in [1.165, 1.54) is 16.9 Å². The molecule has 154 valence electrons. The normalized spacial score (nSPS) is 15.8. The van der Waals surface area contributed by atoms with Gasteiger partial charge in [0, 0.05) is 47.0 Å². The van der Waals surface area contributed by atoms with Gasteiger partial charge in [0.1, 0.15) is 12.0 Å². The van der Waals surface area contributed by atoms with E-state index in [1.807, 2.05) is 30.3 Å². The molecule has 0 amide bonds. The fraction of sp³-hybridized carbons (Fsp3) is 0.316. The van der Waals surface area contributed by atoms with Gasteiger partial charge >= 0.3 is 0 Å². The zero-order chi connectivity index (χ0) is 19.7. The summed E-state index contributed by atoms with van der Waals surface area (Å²) >= 11 is 6.03. The molecule has 0 unspecified atom stereocenters. The van der Waals surface area contributed by atoms with Gasteiger partial charge in [0.05, 0.1) is 11.9 Å². The summed E-state index contributed by atoms with van der Waals surface area (Å²) in [6.07, 6.45) is 5.94. The maximum atomic E-state index is 11.8. The average molecular weight is 454 g/mol. The molecule has 1 N–H and O–H groups in total. The van der Waals surface area contributed by atoms with Gasteiger partial charge in [-0.15, -0.1) is 12.4 Å². The molecule has 3 aromatic rings. The number of aromatic amines is 1. The minimum atomic E-state index is -3.16. The third-order valence-corrected chi connectivity index (χ3v) is 6.64. The fourth-order valence-electron chi connectivity index (χ4n) is 3.64. The van der Waals surface area contributed by atoms with Crippen molar-refractivity contribution in [3.63, 3.8) is 0 Å². The van der Waals surface area contributed by atoms with Crippen molar-refractivity contribution in [1.29, 1.82) is 0 Å². The first-order chi connectivity index (χ1) is 13.4. The lowest BCUT2D eigenvalue weighted by atomic mass is 9.89. The maximum absolute atomic E-state index is 11.8. The van der Waals surface area contributed by atoms with Crippen molar-refractivity contribution >= 4 is 34.0 Å². The van der Waals surface area contributed by atoms with Crippen molar-refractivity contribution in [3.8, 4) is 22.5 Å². The molecule has 1 aromatic carbocycles. The summed E-state index contributed by atoms with van der Waals surface area (Å²) in [4.78, 5) is 8.45. The number of rotatable bonds is 4. The van der Waals surface area contributed by atoms with E-state index in [4.69, 9.17) is 11.6 Å². The summed E-state index contributed by atoms with van der Waals surface area (Å²) in [6, 6.07) is 9.39. The van der Waals surface area contributed by atoms with E-state index >= 15 is 0 Å². The van der Waals surface area contributed by atoms with Gasteiger partial charge in [0.25, 0.3) is 0 Å². The third-order valence-electron chi connectivity index (χ3n) is 5.08. The van der Waals surface area contributed by atoms with E-state index < -0.39 is 10.0 Å². The standard InChI is InChI=1S/C19H20ClN5O2S.ClH/c1-28(26,27)25-10-7-14(8-11-25)19-17(16-6-9-21-12-22-16)18(23-24-19)13-2-4-15(20)5-3-13;/h2-6,9,12,14H,7-8,10-11H2,1H3,(H,23,24);1H. The molecule has 0 aliphatic carbocycles. The number of nitrogens with zero attached hydrogens (tertiary/aromatic N) is 4. The third kappa shape index (κ3) is 4.61. The molecular weight excluding hydrogens is 433 g/mol. The highest BCUT2D eigenvalue weighted by Gasteiger charge is 2.30. The summed E-state index contributed by atoms with van der Waals surface area (Å²) in [5, 5.41) is 8.44. The van der Waals surface area contributed by atoms with Crippen LogP contribution in [0, 0.1) is 0 Å². The molecule has 1 aliphatic rings. The van der Waals surface area contributed by atoms with Gasteiger partial charge in [-0.1, -0.05) is 23.7 Å². The van der Waals surface area contributed by atoms with Crippen molar-refractivity contribution < 1.29 is 8.42 Å². The van der Waals surface area contributed by atoms with E-state index in [1.54, 1.807) is 6.20 Å². The molecule has 29 heavy (non-hydrogen) atoms. The SMILES string of the molecule is CS(=O)(=O)N1CCC(c2[nH]nc(-c3ccc(Cl)cc3)c2-c2ccncn2)CC1.Cl. The molecule has 1 fully saturated rings. The van der Waals surface area contributed by atoms with Crippen LogP contribution in [0.1, 0.15) is 24.5 Å². The first kappa shape index (κ1) is 21.7. The molecule has 7 nitrogen and oxygen atoms in total. The van der Waals surface area contributed by atoms with Crippen LogP contribution < -0.4 is 0 Å². The molecule has 4 rings (SSSR count). The van der Waals surface area contributed by atoms with Gasteiger partial charge in [0.15, 0.2) is 0 Å². The van der Waals surface area contributed by atoms with E-state index in [-0.39, 0.29) is 18.3 Å². The first-order valence-electron chi connectivity index (χ1n) is 8.99. The summed E-state index contributed by atoms with van der Waals surface area (Å²) in [5.41, 5.74) is 4.44. The lowest BCUT2D eigenvalue weighted by Crippen LogP contribution is -2.37. The number of nitrogens with one attached hydrogen (secondary N) is 1. The molecule has 1 aliphatic heterocycles. The highest BCUT2D eigenvalue weighted by molar-refractivity contribution is 7.88. The Kier molecular flexibility index (Phi) is 6.58. The van der Waals surface area contributed by atoms with Crippen LogP contribution in [-0.4, -0.2) is 52.2 Å². The Balaban J connectivity index is 0.00000240. The van der Waals surface area contributed by atoms with Gasteiger partial charge < -0.3 is 0 Å². The van der Waals surface area contributed by atoms with E-state index in [0.29, 0.717) is 18.1 Å². The number of aromatic nitrogens is 4. The Hall–Kier alpha value is -2.00. The fourth-order valence-corrected chi connectivity index (χ4v) is 4.64. The van der Waals surface area contributed by atoms with Crippen LogP contribution >= 0.6 is 24.0 Å². The van der Waals surface area contributed by atoms with Crippen molar-refractivity contribution in [2.75, 3.05) is 19.3 Å². The molecular formula is C19H21Cl2N5O2S. The van der Waals surface area contributed by atoms with Gasteiger partial charge in [-0.3, -0.25) is 5.10 Å². The Labute approximate surface area is 181 Å². The van der Waals surface area contributed by atoms with Crippen LogP contribution in [0.25, 0.3) is 22.5 Å². The lowest BCUT2D eigenvalue weighted by molar-refractivity contribution is 0.319. The quantitative estimate of drug-likeness (QED) is 0.649. The number of hydrogen-bond acceptors (Lipinski definition) is 5. The molecule has 10 heteroatoms. The predicted molar refractivity (Wildman–Crippen MR) is 116 cm³/mol. The number of hydrogen-bond donors (Lipinski definition) is 1. The van der Waals surface area contributed by atoms with Crippen molar-refractivity contribution in [3.05, 3.63) is 53.6 Å². The lowest BCUT2D eigenvalue weighted by Gasteiger charge is -2.30. The van der Waals surface area contributed by atoms with Crippen molar-refractivity contribution in [1.82, 2.24) is 24.5 Å². The Morgan fingerprint density at radius 2 is 1.83 bits per heavy atom. The molecule has 0 saturated carbocycles. The molecule has 0 spiro atoms. The Morgan fingerprint density at radius 1 is 1.14 bits per heavy atom. The van der Waals surface area contributed by atoms with Crippen LogP contribution in [0.15, 0.2) is 42.9 Å². The predicted octanol–water partition coefficient (Wildman–Crippen LogP) is 3.75. The van der Waals surface area contributed by atoms with Gasteiger partial charge in [0.2, 0.25) is 10.0 Å². The molecule has 0 radical (unpaired) electrons. The Morgan fingerprint density at radius 3 is 2.41 bits per heavy atom. The first-order valence-corrected chi connectivity index (χ1v) is 11.2. The number of H-pyrrole nitrogens is 1. The smallest absolute Gasteiger partial charge is 0.211 e. The molecule has 1 saturated heterocycles. The zero-order valence-corrected chi connectivity index (χ0v) is 18.1. The summed E-state index contributed by atoms with van der Waals surface area (Å²) in [7, 11) is -3.16. The number of halogens is 2. The maximum Gasteiger partial charge on any atom is 0.211 e. The van der Waals surface area contributed by atoms with E-state index in [9.17, 15) is 8.42 Å². The van der Waals surface area contributed by atoms with Crippen LogP contribution in [0.5, 0.6) is 0 Å². The van der Waals surface area contributed by atoms with Crippen molar-refractivity contribution in [2.45, 2.75) is 18.8 Å². The van der Waals surface area contributed by atoms with Gasteiger partial charge in [-0.2, -0.15) is 5.10 Å². The zero-order valence-electron chi connectivity index (χ0n) is 15.7. The largest absolute Gasteiger partial charge is 0.281 e. The highest BCUT2D eigenvalue weighted by atomic mass is 35.5. The minimum Gasteiger partial charge on any atom is -0.281 e. The Bertz CT molecular complexity index is 1060. The van der Waals surface area contributed by atoms with Crippen LogP contribution in [0.3, 0.4) is 0 Å². The number of piperidine rings is 1. The van der Waals surface area contributed by atoms with Crippen molar-refractivity contribution in [2.24, 2.45) is 0 Å². The second-order valence-corrected chi connectivity index (χ2v) is 9.32. The summed E-state index contributed by atoms with van der Waals surface area (Å²) in [5.74, 6) is 0.177. The molecule has 0 bridgehead atoms. The van der Waals surface area contributed by atoms with E-state index in [0.717, 1.165) is 41.1 Å². The van der Waals surface area contributed by atoms with Crippen LogP contribution in [-0.2, 0) is 10.0 Å². The topological polar surface area (TPSA) is 91.8 Å². The van der Waals surface area contributed by atoms with E-state index in [2.05, 4.69) is 20.2 Å². The highest BCUT2D eigenvalue weighted by Crippen LogP contribution is 2.39. The summed E-state index contributed by atoms with van der Waals surface area (Å²) in [6.45, 7) is 1.00. The van der Waals surface area contributed by atoms with Gasteiger partial charge in [-0.25, -0.2) is 22.7 Å². The monoisotopic (exact) mass is 453 g/mol. The molecule has 3 heterocycles. The minimum absolute atomic E-state index is 0. The second-order valence-electron chi connectivity index (χ2n) is 6.90. The van der Waals surface area contributed by atoms with Crippen LogP contribution in [0.2, 0.25) is 5.02 Å². The molecule has 2 aromatic heterocycles. The average Bonchev–Trinajstić information content (AvgIpc) is 3.14. The number of sulfonamides is 1. The molecule has 0 atom stereocenters. The van der Waals surface area contributed by atoms with Crippen LogP contribution in [0.4, 0.5) is 0 Å². The number of benzene rings is 1. The summed E-state index contributed by atoms with van der Waals surface area (Å²) < 4.78 is 25.2. The second kappa shape index (κ2) is 8.79. The van der Waals surface area contributed by atoms with Gasteiger partial charge in [-0.05, 0) is 31.0 Å².